The predicted molar refractivity (Wildman–Crippen MR) is 56.0 cm³/mol. The van der Waals surface area contributed by atoms with E-state index in [1.54, 1.807) is 0 Å². The van der Waals surface area contributed by atoms with E-state index < -0.39 is 0 Å². The Balaban J connectivity index is 2.77. The third-order valence-electron chi connectivity index (χ3n) is 2.20. The molecule has 0 saturated carbocycles. The lowest BCUT2D eigenvalue weighted by Gasteiger charge is -2.19. The maximum atomic E-state index is 5.76. The van der Waals surface area contributed by atoms with Gasteiger partial charge in [-0.05, 0) is 6.42 Å². The van der Waals surface area contributed by atoms with Crippen molar-refractivity contribution in [2.45, 2.75) is 46.3 Å². The molecule has 0 fully saturated rings. The van der Waals surface area contributed by atoms with E-state index in [0.717, 1.165) is 12.3 Å². The zero-order valence-electron chi connectivity index (χ0n) is 9.00. The average Bonchev–Trinajstić information content (AvgIpc) is 2.45. The Hall–Kier alpha value is -0.790. The summed E-state index contributed by atoms with van der Waals surface area (Å²) in [4.78, 5) is 4.51. The molecule has 0 spiro atoms. The molecule has 0 aromatic heterocycles. The summed E-state index contributed by atoms with van der Waals surface area (Å²) >= 11 is 0. The Morgan fingerprint density at radius 1 is 1.54 bits per heavy atom. The molecule has 74 valence electrons. The maximum absolute atomic E-state index is 5.76. The van der Waals surface area contributed by atoms with Crippen molar-refractivity contribution < 1.29 is 4.74 Å². The largest absolute Gasteiger partial charge is 0.475 e. The van der Waals surface area contributed by atoms with Crippen molar-refractivity contribution in [1.82, 2.24) is 0 Å². The number of nitrogens with zero attached hydrogens (tertiary/aromatic N) is 1. The van der Waals surface area contributed by atoms with Crippen molar-refractivity contribution in [3.8, 4) is 0 Å². The Morgan fingerprint density at radius 2 is 2.15 bits per heavy atom. The first-order valence-corrected chi connectivity index (χ1v) is 4.86. The first kappa shape index (κ1) is 10.3. The van der Waals surface area contributed by atoms with E-state index >= 15 is 0 Å². The molecule has 0 aliphatic carbocycles. The summed E-state index contributed by atoms with van der Waals surface area (Å²) in [5.74, 6) is 0.865. The predicted octanol–water partition coefficient (Wildman–Crippen LogP) is 2.79. The van der Waals surface area contributed by atoms with Gasteiger partial charge in [0.25, 0.3) is 0 Å². The normalized spacial score (nSPS) is 28.2. The van der Waals surface area contributed by atoms with E-state index in [1.807, 2.05) is 6.08 Å². The fourth-order valence-corrected chi connectivity index (χ4v) is 1.36. The van der Waals surface area contributed by atoms with Crippen LogP contribution in [-0.4, -0.2) is 18.0 Å². The second-order valence-corrected chi connectivity index (χ2v) is 4.48. The van der Waals surface area contributed by atoms with Gasteiger partial charge in [0.15, 0.2) is 5.90 Å². The molecule has 0 N–H and O–H groups in total. The number of hydrogen-bond acceptors (Lipinski definition) is 2. The van der Waals surface area contributed by atoms with Crippen LogP contribution in [-0.2, 0) is 4.74 Å². The van der Waals surface area contributed by atoms with Crippen molar-refractivity contribution >= 4 is 5.90 Å². The number of rotatable bonds is 2. The van der Waals surface area contributed by atoms with Crippen molar-refractivity contribution in [3.05, 3.63) is 12.7 Å². The van der Waals surface area contributed by atoms with E-state index in [0.29, 0.717) is 0 Å². The molecule has 1 aliphatic rings. The zero-order chi connectivity index (χ0) is 10.1. The summed E-state index contributed by atoms with van der Waals surface area (Å²) < 4.78 is 5.76. The van der Waals surface area contributed by atoms with E-state index in [9.17, 15) is 0 Å². The van der Waals surface area contributed by atoms with Crippen molar-refractivity contribution in [3.63, 3.8) is 0 Å². The van der Waals surface area contributed by atoms with Crippen LogP contribution >= 0.6 is 0 Å². The van der Waals surface area contributed by atoms with Gasteiger partial charge in [-0.3, -0.25) is 0 Å². The van der Waals surface area contributed by atoms with Crippen LogP contribution in [0.4, 0.5) is 0 Å². The zero-order valence-corrected chi connectivity index (χ0v) is 9.00. The minimum absolute atomic E-state index is 0.0190. The molecular weight excluding hydrogens is 162 g/mol. The molecule has 0 radical (unpaired) electrons. The minimum Gasteiger partial charge on any atom is -0.475 e. The summed E-state index contributed by atoms with van der Waals surface area (Å²) in [6.07, 6.45) is 3.05. The lowest BCUT2D eigenvalue weighted by molar-refractivity contribution is 0.181. The maximum Gasteiger partial charge on any atom is 0.189 e. The van der Waals surface area contributed by atoms with Crippen LogP contribution < -0.4 is 0 Å². The second-order valence-electron chi connectivity index (χ2n) is 4.48. The van der Waals surface area contributed by atoms with Gasteiger partial charge in [0, 0.05) is 5.41 Å². The molecule has 13 heavy (non-hydrogen) atoms. The number of hydrogen-bond donors (Lipinski definition) is 0. The van der Waals surface area contributed by atoms with Gasteiger partial charge in [-0.25, -0.2) is 4.99 Å². The second kappa shape index (κ2) is 3.52. The van der Waals surface area contributed by atoms with Crippen molar-refractivity contribution in [2.24, 2.45) is 10.4 Å². The van der Waals surface area contributed by atoms with Gasteiger partial charge in [0.2, 0.25) is 0 Å². The smallest absolute Gasteiger partial charge is 0.189 e. The van der Waals surface area contributed by atoms with E-state index in [4.69, 9.17) is 4.74 Å². The lowest BCUT2D eigenvalue weighted by Crippen LogP contribution is -2.24. The number of aliphatic imine (C=N–C) groups is 1. The quantitative estimate of drug-likeness (QED) is 0.600. The van der Waals surface area contributed by atoms with Crippen LogP contribution in [0.1, 0.15) is 34.1 Å². The molecule has 0 aromatic rings. The monoisotopic (exact) mass is 181 g/mol. The van der Waals surface area contributed by atoms with Crippen LogP contribution in [0.25, 0.3) is 0 Å². The Morgan fingerprint density at radius 3 is 2.46 bits per heavy atom. The van der Waals surface area contributed by atoms with Gasteiger partial charge in [-0.15, -0.1) is 6.58 Å². The summed E-state index contributed by atoms with van der Waals surface area (Å²) in [5.41, 5.74) is 0.0190. The third-order valence-corrected chi connectivity index (χ3v) is 2.20. The fraction of sp³-hybridized carbons (Fsp3) is 0.727. The molecule has 0 unspecified atom stereocenters. The van der Waals surface area contributed by atoms with Crippen LogP contribution in [0.5, 0.6) is 0 Å². The highest BCUT2D eigenvalue weighted by Crippen LogP contribution is 2.27. The topological polar surface area (TPSA) is 21.6 Å². The van der Waals surface area contributed by atoms with E-state index in [-0.39, 0.29) is 17.6 Å². The standard InChI is InChI=1S/C11H19NO/c1-6-8-9(7-2)13-10(12-8)11(3,4)5/h6,8-9H,1,7H2,2-5H3/t8-,9-/m1/s1. The summed E-state index contributed by atoms with van der Waals surface area (Å²) in [5, 5.41) is 0. The van der Waals surface area contributed by atoms with Crippen molar-refractivity contribution in [2.75, 3.05) is 0 Å². The Labute approximate surface area is 80.7 Å². The summed E-state index contributed by atoms with van der Waals surface area (Å²) in [6, 6.07) is 0.152. The van der Waals surface area contributed by atoms with Gasteiger partial charge >= 0.3 is 0 Å². The first-order valence-electron chi connectivity index (χ1n) is 4.86. The van der Waals surface area contributed by atoms with Crippen LogP contribution in [0, 0.1) is 5.41 Å². The van der Waals surface area contributed by atoms with Crippen LogP contribution in [0.3, 0.4) is 0 Å². The highest BCUT2D eigenvalue weighted by Gasteiger charge is 2.33. The highest BCUT2D eigenvalue weighted by molar-refractivity contribution is 5.83. The Kier molecular flexibility index (Phi) is 2.79. The molecule has 0 amide bonds. The molecule has 2 atom stereocenters. The summed E-state index contributed by atoms with van der Waals surface area (Å²) in [7, 11) is 0. The minimum atomic E-state index is 0.0190. The van der Waals surface area contributed by atoms with E-state index in [2.05, 4.69) is 39.3 Å². The fourth-order valence-electron chi connectivity index (χ4n) is 1.36. The molecule has 1 rings (SSSR count). The SMILES string of the molecule is C=C[C@H]1N=C(C(C)(C)C)O[C@@H]1CC. The molecule has 0 saturated heterocycles. The van der Waals surface area contributed by atoms with Gasteiger partial charge in [0.1, 0.15) is 12.1 Å². The first-order chi connectivity index (χ1) is 5.99. The molecule has 1 heterocycles. The van der Waals surface area contributed by atoms with Gasteiger partial charge < -0.3 is 4.74 Å². The van der Waals surface area contributed by atoms with Gasteiger partial charge in [-0.1, -0.05) is 33.8 Å². The van der Waals surface area contributed by atoms with Crippen LogP contribution in [0.2, 0.25) is 0 Å². The van der Waals surface area contributed by atoms with E-state index in [1.165, 1.54) is 0 Å². The molecule has 0 aromatic carbocycles. The third kappa shape index (κ3) is 2.11. The highest BCUT2D eigenvalue weighted by atomic mass is 16.5. The summed E-state index contributed by atoms with van der Waals surface area (Å²) in [6.45, 7) is 12.2. The molecule has 1 aliphatic heterocycles. The molecular formula is C11H19NO. The van der Waals surface area contributed by atoms with Crippen molar-refractivity contribution in [1.29, 1.82) is 0 Å². The van der Waals surface area contributed by atoms with Gasteiger partial charge in [0.05, 0.1) is 0 Å². The Bertz CT molecular complexity index is 225. The average molecular weight is 181 g/mol. The molecule has 0 bridgehead atoms. The lowest BCUT2D eigenvalue weighted by atomic mass is 9.97. The number of ether oxygens (including phenoxy) is 1. The molecule has 2 heteroatoms. The molecule has 2 nitrogen and oxygen atoms in total. The van der Waals surface area contributed by atoms with Crippen LogP contribution in [0.15, 0.2) is 17.6 Å². The van der Waals surface area contributed by atoms with Gasteiger partial charge in [-0.2, -0.15) is 0 Å².